The van der Waals surface area contributed by atoms with E-state index in [-0.39, 0.29) is 0 Å². The van der Waals surface area contributed by atoms with Gasteiger partial charge >= 0.3 is 0 Å². The van der Waals surface area contributed by atoms with Gasteiger partial charge in [-0.1, -0.05) is 66.2 Å². The van der Waals surface area contributed by atoms with Crippen molar-refractivity contribution in [3.05, 3.63) is 82.4 Å². The molecule has 0 heterocycles. The highest BCUT2D eigenvalue weighted by Crippen LogP contribution is 2.30. The molecule has 1 N–H and O–H groups in total. The van der Waals surface area contributed by atoms with Crippen LogP contribution < -0.4 is 0 Å². The summed E-state index contributed by atoms with van der Waals surface area (Å²) < 4.78 is 0. The van der Waals surface area contributed by atoms with E-state index in [2.05, 4.69) is 25.1 Å². The van der Waals surface area contributed by atoms with Crippen molar-refractivity contribution >= 4 is 22.4 Å². The van der Waals surface area contributed by atoms with E-state index in [1.54, 1.807) is 0 Å². The molecule has 0 amide bonds. The van der Waals surface area contributed by atoms with E-state index >= 15 is 0 Å². The summed E-state index contributed by atoms with van der Waals surface area (Å²) in [4.78, 5) is 0. The maximum atomic E-state index is 10.6. The highest BCUT2D eigenvalue weighted by molar-refractivity contribution is 6.31. The lowest BCUT2D eigenvalue weighted by Crippen LogP contribution is -2.03. The second-order valence-corrected chi connectivity index (χ2v) is 5.74. The molecule has 106 valence electrons. The van der Waals surface area contributed by atoms with Gasteiger partial charge in [-0.05, 0) is 40.5 Å². The van der Waals surface area contributed by atoms with Crippen LogP contribution in [0.1, 0.15) is 22.8 Å². The zero-order valence-corrected chi connectivity index (χ0v) is 12.6. The molecule has 0 aromatic heterocycles. The predicted octanol–water partition coefficient (Wildman–Crippen LogP) is 5.08. The number of hydrogen-bond donors (Lipinski definition) is 1. The Balaban J connectivity index is 2.01. The molecule has 0 saturated carbocycles. The lowest BCUT2D eigenvalue weighted by atomic mass is 9.94. The molecule has 0 aliphatic heterocycles. The van der Waals surface area contributed by atoms with Gasteiger partial charge in [0.25, 0.3) is 0 Å². The average molecular weight is 297 g/mol. The minimum atomic E-state index is -0.560. The minimum absolute atomic E-state index is 0.521. The Morgan fingerprint density at radius 3 is 2.33 bits per heavy atom. The summed E-state index contributed by atoms with van der Waals surface area (Å²) in [5, 5.41) is 13.6. The Hall–Kier alpha value is -1.83. The van der Waals surface area contributed by atoms with Crippen LogP contribution >= 0.6 is 11.6 Å². The fourth-order valence-corrected chi connectivity index (χ4v) is 2.96. The largest absolute Gasteiger partial charge is 0.388 e. The molecular formula is C19H17ClO. The Kier molecular flexibility index (Phi) is 3.96. The summed E-state index contributed by atoms with van der Waals surface area (Å²) in [6.07, 6.45) is -0.0393. The first-order valence-corrected chi connectivity index (χ1v) is 7.44. The lowest BCUT2D eigenvalue weighted by Gasteiger charge is -2.16. The first kappa shape index (κ1) is 14.1. The van der Waals surface area contributed by atoms with Crippen molar-refractivity contribution in [2.24, 2.45) is 0 Å². The lowest BCUT2D eigenvalue weighted by molar-refractivity contribution is 0.180. The summed E-state index contributed by atoms with van der Waals surface area (Å²) in [5.74, 6) is 0. The van der Waals surface area contributed by atoms with E-state index in [4.69, 9.17) is 11.6 Å². The maximum Gasteiger partial charge on any atom is 0.0836 e. The number of aryl methyl sites for hydroxylation is 1. The monoisotopic (exact) mass is 296 g/mol. The molecule has 3 rings (SSSR count). The number of aliphatic hydroxyl groups is 1. The van der Waals surface area contributed by atoms with Gasteiger partial charge in [0.1, 0.15) is 0 Å². The van der Waals surface area contributed by atoms with E-state index in [0.29, 0.717) is 11.4 Å². The number of halogens is 1. The Morgan fingerprint density at radius 2 is 1.57 bits per heavy atom. The molecule has 0 fully saturated rings. The first-order valence-electron chi connectivity index (χ1n) is 7.06. The van der Waals surface area contributed by atoms with Crippen LogP contribution in [0.2, 0.25) is 5.02 Å². The number of aliphatic hydroxyl groups excluding tert-OH is 1. The van der Waals surface area contributed by atoms with E-state index in [9.17, 15) is 5.11 Å². The fourth-order valence-electron chi connectivity index (χ4n) is 2.75. The second kappa shape index (κ2) is 5.88. The Bertz CT molecular complexity index is 779. The first-order chi connectivity index (χ1) is 10.2. The smallest absolute Gasteiger partial charge is 0.0836 e. The van der Waals surface area contributed by atoms with Gasteiger partial charge in [0.05, 0.1) is 6.10 Å². The van der Waals surface area contributed by atoms with E-state index in [0.717, 1.165) is 16.5 Å². The quantitative estimate of drug-likeness (QED) is 0.715. The van der Waals surface area contributed by atoms with Crippen LogP contribution in [0.4, 0.5) is 0 Å². The van der Waals surface area contributed by atoms with Crippen LogP contribution in [-0.2, 0) is 6.42 Å². The van der Waals surface area contributed by atoms with Gasteiger partial charge in [0, 0.05) is 11.4 Å². The molecule has 0 aliphatic rings. The minimum Gasteiger partial charge on any atom is -0.388 e. The van der Waals surface area contributed by atoms with Crippen molar-refractivity contribution in [1.29, 1.82) is 0 Å². The van der Waals surface area contributed by atoms with Crippen LogP contribution in [0, 0.1) is 6.92 Å². The normalized spacial score (nSPS) is 12.5. The van der Waals surface area contributed by atoms with E-state index < -0.39 is 6.10 Å². The summed E-state index contributed by atoms with van der Waals surface area (Å²) in [6, 6.07) is 19.9. The number of fused-ring (bicyclic) bond motifs is 1. The number of benzene rings is 3. The van der Waals surface area contributed by atoms with Gasteiger partial charge in [-0.15, -0.1) is 0 Å². The average Bonchev–Trinajstić information content (AvgIpc) is 2.50. The highest BCUT2D eigenvalue weighted by atomic mass is 35.5. The number of hydrogen-bond acceptors (Lipinski definition) is 1. The Morgan fingerprint density at radius 1 is 0.905 bits per heavy atom. The molecule has 0 spiro atoms. The van der Waals surface area contributed by atoms with E-state index in [1.807, 2.05) is 42.5 Å². The van der Waals surface area contributed by atoms with Crippen molar-refractivity contribution in [2.75, 3.05) is 0 Å². The van der Waals surface area contributed by atoms with Crippen molar-refractivity contribution < 1.29 is 5.11 Å². The zero-order valence-electron chi connectivity index (χ0n) is 11.9. The number of rotatable bonds is 3. The molecular weight excluding hydrogens is 280 g/mol. The summed E-state index contributed by atoms with van der Waals surface area (Å²) in [6.45, 7) is 2.09. The van der Waals surface area contributed by atoms with Crippen LogP contribution in [-0.4, -0.2) is 5.11 Å². The van der Waals surface area contributed by atoms with Gasteiger partial charge in [-0.3, -0.25) is 0 Å². The molecule has 0 saturated heterocycles. The van der Waals surface area contributed by atoms with Crippen molar-refractivity contribution in [1.82, 2.24) is 0 Å². The second-order valence-electron chi connectivity index (χ2n) is 5.33. The SMILES string of the molecule is Cc1ccc(C(O)Cc2ccccc2Cl)c2ccccc12. The van der Waals surface area contributed by atoms with Gasteiger partial charge in [-0.25, -0.2) is 0 Å². The summed E-state index contributed by atoms with van der Waals surface area (Å²) >= 11 is 6.19. The third-order valence-corrected chi connectivity index (χ3v) is 4.27. The zero-order chi connectivity index (χ0) is 14.8. The van der Waals surface area contributed by atoms with Crippen LogP contribution in [0.25, 0.3) is 10.8 Å². The predicted molar refractivity (Wildman–Crippen MR) is 88.8 cm³/mol. The molecule has 21 heavy (non-hydrogen) atoms. The molecule has 3 aromatic rings. The summed E-state index contributed by atoms with van der Waals surface area (Å²) in [5.41, 5.74) is 3.15. The van der Waals surface area contributed by atoms with Crippen molar-refractivity contribution in [3.63, 3.8) is 0 Å². The molecule has 0 aliphatic carbocycles. The molecule has 1 atom stereocenters. The van der Waals surface area contributed by atoms with Gasteiger partial charge in [0.15, 0.2) is 0 Å². The third kappa shape index (κ3) is 2.80. The van der Waals surface area contributed by atoms with E-state index in [1.165, 1.54) is 10.9 Å². The topological polar surface area (TPSA) is 20.2 Å². The van der Waals surface area contributed by atoms with Crippen molar-refractivity contribution in [2.45, 2.75) is 19.4 Å². The highest BCUT2D eigenvalue weighted by Gasteiger charge is 2.14. The van der Waals surface area contributed by atoms with Gasteiger partial charge in [0.2, 0.25) is 0 Å². The molecule has 2 heteroatoms. The van der Waals surface area contributed by atoms with Crippen molar-refractivity contribution in [3.8, 4) is 0 Å². The molecule has 1 unspecified atom stereocenters. The van der Waals surface area contributed by atoms with Crippen LogP contribution in [0.15, 0.2) is 60.7 Å². The fraction of sp³-hybridized carbons (Fsp3) is 0.158. The molecule has 3 aromatic carbocycles. The van der Waals surface area contributed by atoms with Crippen LogP contribution in [0.5, 0.6) is 0 Å². The Labute approximate surface area is 129 Å². The summed E-state index contributed by atoms with van der Waals surface area (Å²) in [7, 11) is 0. The molecule has 0 bridgehead atoms. The maximum absolute atomic E-state index is 10.6. The van der Waals surface area contributed by atoms with Gasteiger partial charge < -0.3 is 5.11 Å². The molecule has 1 nitrogen and oxygen atoms in total. The third-order valence-electron chi connectivity index (χ3n) is 3.91. The standard InChI is InChI=1S/C19H17ClO/c1-13-10-11-17(16-8-4-3-7-15(13)16)19(21)12-14-6-2-5-9-18(14)20/h2-11,19,21H,12H2,1H3. The van der Waals surface area contributed by atoms with Crippen LogP contribution in [0.3, 0.4) is 0 Å². The van der Waals surface area contributed by atoms with Gasteiger partial charge in [-0.2, -0.15) is 0 Å². The molecule has 0 radical (unpaired) electrons.